The number of hydrogen-bond acceptors (Lipinski definition) is 3. The van der Waals surface area contributed by atoms with E-state index < -0.39 is 0 Å². The maximum atomic E-state index is 12.2. The number of unbranched alkanes of at least 4 members (excludes halogenated alkanes) is 23. The van der Waals surface area contributed by atoms with Gasteiger partial charge < -0.3 is 9.47 Å². The highest BCUT2D eigenvalue weighted by molar-refractivity contribution is 5.78. The molecule has 0 saturated heterocycles. The van der Waals surface area contributed by atoms with Gasteiger partial charge in [0, 0.05) is 26.1 Å². The maximum Gasteiger partial charge on any atom is 0.157 e. The number of hydrogen-bond donors (Lipinski definition) is 0. The minimum Gasteiger partial charge on any atom is -0.353 e. The third kappa shape index (κ3) is 32.1. The molecule has 0 aliphatic rings. The Hall–Kier alpha value is -0.410. The molecule has 3 nitrogen and oxygen atoms in total. The summed E-state index contributed by atoms with van der Waals surface area (Å²) in [5.74, 6) is 0.489. The highest BCUT2D eigenvalue weighted by atomic mass is 16.7. The highest BCUT2D eigenvalue weighted by Crippen LogP contribution is 2.16. The van der Waals surface area contributed by atoms with Crippen LogP contribution in [0.4, 0.5) is 0 Å². The molecule has 0 aliphatic heterocycles. The number of carbonyl (C=O) groups excluding carboxylic acids is 1. The van der Waals surface area contributed by atoms with Crippen molar-refractivity contribution >= 4 is 5.78 Å². The van der Waals surface area contributed by atoms with E-state index in [2.05, 4.69) is 20.8 Å². The molecule has 0 heterocycles. The first-order valence-electron chi connectivity index (χ1n) is 18.5. The third-order valence-corrected chi connectivity index (χ3v) is 8.31. The quantitative estimate of drug-likeness (QED) is 0.0565. The second kappa shape index (κ2) is 34.8. The van der Waals surface area contributed by atoms with Gasteiger partial charge in [-0.3, -0.25) is 4.79 Å². The zero-order valence-electron chi connectivity index (χ0n) is 27.9. The summed E-state index contributed by atoms with van der Waals surface area (Å²) in [5, 5.41) is 0. The van der Waals surface area contributed by atoms with Crippen molar-refractivity contribution in [3.63, 3.8) is 0 Å². The third-order valence-electron chi connectivity index (χ3n) is 8.31. The second-order valence-corrected chi connectivity index (χ2v) is 12.5. The predicted molar refractivity (Wildman–Crippen MR) is 176 cm³/mol. The van der Waals surface area contributed by atoms with E-state index in [0.29, 0.717) is 5.78 Å². The second-order valence-electron chi connectivity index (χ2n) is 12.5. The molecule has 0 atom stereocenters. The molecule has 0 radical (unpaired) electrons. The summed E-state index contributed by atoms with van der Waals surface area (Å²) in [5.41, 5.74) is 0. The first-order chi connectivity index (χ1) is 19.7. The van der Waals surface area contributed by atoms with Crippen molar-refractivity contribution < 1.29 is 14.3 Å². The number of Topliss-reactive ketones (excluding diaryl/α,β-unsaturated/α-hetero) is 1. The Morgan fingerprint density at radius 2 is 0.700 bits per heavy atom. The van der Waals surface area contributed by atoms with Gasteiger partial charge in [0.05, 0.1) is 0 Å². The van der Waals surface area contributed by atoms with Crippen molar-refractivity contribution in [3.05, 3.63) is 0 Å². The standard InChI is InChI=1S/C37H74O3/c1-4-7-10-13-16-17-21-26-31-36(38)32-27-22-20-23-28-33-37(39-34-29-24-18-14-11-8-5-2)40-35-30-25-19-15-12-9-6-3/h37H,4-35H2,1-3H3. The van der Waals surface area contributed by atoms with Gasteiger partial charge in [-0.1, -0.05) is 162 Å². The molecule has 0 saturated carbocycles. The Morgan fingerprint density at radius 1 is 0.400 bits per heavy atom. The number of ketones is 1. The first-order valence-corrected chi connectivity index (χ1v) is 18.5. The van der Waals surface area contributed by atoms with Gasteiger partial charge in [-0.05, 0) is 38.5 Å². The van der Waals surface area contributed by atoms with Gasteiger partial charge in [-0.25, -0.2) is 0 Å². The van der Waals surface area contributed by atoms with E-state index in [1.54, 1.807) is 0 Å². The molecular formula is C37H74O3. The van der Waals surface area contributed by atoms with Crippen LogP contribution in [0.25, 0.3) is 0 Å². The highest BCUT2D eigenvalue weighted by Gasteiger charge is 2.10. The van der Waals surface area contributed by atoms with Crippen molar-refractivity contribution in [2.24, 2.45) is 0 Å². The Morgan fingerprint density at radius 3 is 1.07 bits per heavy atom. The van der Waals surface area contributed by atoms with Crippen LogP contribution < -0.4 is 0 Å². The SMILES string of the molecule is CCCCCCCCCCC(=O)CCCCCCCC(OCCCCCCCCC)OCCCCCCCCC. The van der Waals surface area contributed by atoms with Gasteiger partial charge in [-0.15, -0.1) is 0 Å². The molecule has 0 spiro atoms. The maximum absolute atomic E-state index is 12.2. The molecule has 0 amide bonds. The molecule has 240 valence electrons. The number of ether oxygens (including phenoxy) is 2. The molecule has 0 fully saturated rings. The zero-order chi connectivity index (χ0) is 29.2. The lowest BCUT2D eigenvalue weighted by Crippen LogP contribution is -2.19. The monoisotopic (exact) mass is 567 g/mol. The molecule has 0 N–H and O–H groups in total. The van der Waals surface area contributed by atoms with Crippen LogP contribution in [0, 0.1) is 0 Å². The lowest BCUT2D eigenvalue weighted by Gasteiger charge is -2.19. The number of rotatable bonds is 35. The van der Waals surface area contributed by atoms with Gasteiger partial charge in [-0.2, -0.15) is 0 Å². The molecule has 0 rings (SSSR count). The smallest absolute Gasteiger partial charge is 0.157 e. The first kappa shape index (κ1) is 39.6. The van der Waals surface area contributed by atoms with E-state index in [4.69, 9.17) is 9.47 Å². The lowest BCUT2D eigenvalue weighted by atomic mass is 10.0. The molecule has 0 unspecified atom stereocenters. The fraction of sp³-hybridized carbons (Fsp3) is 0.973. The molecule has 0 aliphatic carbocycles. The minimum atomic E-state index is -0.0200. The zero-order valence-corrected chi connectivity index (χ0v) is 27.9. The fourth-order valence-electron chi connectivity index (χ4n) is 5.51. The molecule has 3 heteroatoms. The van der Waals surface area contributed by atoms with Crippen LogP contribution in [0.15, 0.2) is 0 Å². The fourth-order valence-corrected chi connectivity index (χ4v) is 5.51. The molecule has 0 bridgehead atoms. The largest absolute Gasteiger partial charge is 0.353 e. The van der Waals surface area contributed by atoms with E-state index in [9.17, 15) is 4.79 Å². The summed E-state index contributed by atoms with van der Waals surface area (Å²) in [6.07, 6.45) is 37.4. The molecule has 0 aromatic carbocycles. The average molecular weight is 567 g/mol. The van der Waals surface area contributed by atoms with E-state index in [1.165, 1.54) is 148 Å². The summed E-state index contributed by atoms with van der Waals surface area (Å²) in [4.78, 5) is 12.2. The van der Waals surface area contributed by atoms with E-state index in [1.807, 2.05) is 0 Å². The molecule has 0 aromatic heterocycles. The van der Waals surface area contributed by atoms with Crippen LogP contribution in [0.2, 0.25) is 0 Å². The summed E-state index contributed by atoms with van der Waals surface area (Å²) < 4.78 is 12.4. The van der Waals surface area contributed by atoms with E-state index >= 15 is 0 Å². The van der Waals surface area contributed by atoms with Crippen LogP contribution in [-0.2, 0) is 14.3 Å². The average Bonchev–Trinajstić information content (AvgIpc) is 2.96. The van der Waals surface area contributed by atoms with Gasteiger partial charge in [0.1, 0.15) is 5.78 Å². The van der Waals surface area contributed by atoms with Crippen molar-refractivity contribution in [1.29, 1.82) is 0 Å². The Balaban J connectivity index is 3.86. The van der Waals surface area contributed by atoms with Crippen molar-refractivity contribution in [3.8, 4) is 0 Å². The molecule has 0 aromatic rings. The Bertz CT molecular complexity index is 458. The van der Waals surface area contributed by atoms with Crippen LogP contribution >= 0.6 is 0 Å². The number of carbonyl (C=O) groups is 1. The van der Waals surface area contributed by atoms with E-state index in [0.717, 1.165) is 58.2 Å². The minimum absolute atomic E-state index is 0.0200. The summed E-state index contributed by atoms with van der Waals surface area (Å²) in [6.45, 7) is 8.51. The molecule has 40 heavy (non-hydrogen) atoms. The van der Waals surface area contributed by atoms with Gasteiger partial charge >= 0.3 is 0 Å². The summed E-state index contributed by atoms with van der Waals surface area (Å²) in [7, 11) is 0. The van der Waals surface area contributed by atoms with Crippen molar-refractivity contribution in [2.45, 2.75) is 220 Å². The van der Waals surface area contributed by atoms with E-state index in [-0.39, 0.29) is 6.29 Å². The normalized spacial score (nSPS) is 11.6. The van der Waals surface area contributed by atoms with Crippen LogP contribution in [0.1, 0.15) is 213 Å². The summed E-state index contributed by atoms with van der Waals surface area (Å²) >= 11 is 0. The van der Waals surface area contributed by atoms with Crippen LogP contribution in [0.3, 0.4) is 0 Å². The lowest BCUT2D eigenvalue weighted by molar-refractivity contribution is -0.148. The summed E-state index contributed by atoms with van der Waals surface area (Å²) in [6, 6.07) is 0. The van der Waals surface area contributed by atoms with Crippen LogP contribution in [0.5, 0.6) is 0 Å². The van der Waals surface area contributed by atoms with Gasteiger partial charge in [0.15, 0.2) is 6.29 Å². The van der Waals surface area contributed by atoms with Gasteiger partial charge in [0.25, 0.3) is 0 Å². The van der Waals surface area contributed by atoms with Crippen molar-refractivity contribution in [1.82, 2.24) is 0 Å². The van der Waals surface area contributed by atoms with Crippen molar-refractivity contribution in [2.75, 3.05) is 13.2 Å². The Labute approximate surface area is 252 Å². The van der Waals surface area contributed by atoms with Gasteiger partial charge in [0.2, 0.25) is 0 Å². The topological polar surface area (TPSA) is 35.5 Å². The van der Waals surface area contributed by atoms with Crippen LogP contribution in [-0.4, -0.2) is 25.3 Å². The predicted octanol–water partition coefficient (Wildman–Crippen LogP) is 12.7. The molecular weight excluding hydrogens is 492 g/mol. The Kier molecular flexibility index (Phi) is 34.4.